The molecule has 0 heterocycles. The van der Waals surface area contributed by atoms with Gasteiger partial charge in [-0.25, -0.2) is 13.2 Å². The predicted octanol–water partition coefficient (Wildman–Crippen LogP) is 4.09. The lowest BCUT2D eigenvalue weighted by Crippen LogP contribution is -2.14. The number of aromatic carboxylic acids is 1. The molecule has 0 aromatic heterocycles. The molecule has 0 radical (unpaired) electrons. The molecule has 0 unspecified atom stereocenters. The Morgan fingerprint density at radius 1 is 0.759 bits per heavy atom. The van der Waals surface area contributed by atoms with Crippen molar-refractivity contribution in [1.29, 1.82) is 0 Å². The molecular weight excluding hydrogens is 416 g/mol. The van der Waals surface area contributed by atoms with Crippen molar-refractivity contribution in [3.05, 3.63) is 88.9 Å². The molecule has 0 aliphatic carbocycles. The van der Waals surface area contributed by atoms with Gasteiger partial charge in [0.05, 0.1) is 10.5 Å². The second-order valence-corrected chi connectivity index (χ2v) is 8.09. The van der Waals surface area contributed by atoms with Gasteiger partial charge in [0.15, 0.2) is 0 Å². The van der Waals surface area contributed by atoms with Crippen molar-refractivity contribution in [3.8, 4) is 0 Å². The number of nitrogens with one attached hydrogen (secondary N) is 2. The molecule has 0 aliphatic heterocycles. The lowest BCUT2D eigenvalue weighted by atomic mass is 10.1. The molecule has 0 spiro atoms. The van der Waals surface area contributed by atoms with Crippen LogP contribution in [0.2, 0.25) is 5.02 Å². The molecule has 9 heteroatoms. The SMILES string of the molecule is O=C(O)c1ccc(NC(=O)c2ccc(NS(=O)(=O)c3ccc(Cl)cc3)cc2)cc1. The molecule has 0 bridgehead atoms. The average molecular weight is 431 g/mol. The van der Waals surface area contributed by atoms with E-state index in [0.717, 1.165) is 0 Å². The Kier molecular flexibility index (Phi) is 5.86. The molecule has 3 aromatic rings. The van der Waals surface area contributed by atoms with Crippen LogP contribution < -0.4 is 10.0 Å². The Hall–Kier alpha value is -3.36. The molecule has 1 amide bonds. The predicted molar refractivity (Wildman–Crippen MR) is 110 cm³/mol. The van der Waals surface area contributed by atoms with E-state index in [9.17, 15) is 18.0 Å². The maximum atomic E-state index is 12.4. The van der Waals surface area contributed by atoms with Gasteiger partial charge in [0.1, 0.15) is 0 Å². The average Bonchev–Trinajstić information content (AvgIpc) is 2.69. The number of carboxylic acid groups (broad SMARTS) is 1. The highest BCUT2D eigenvalue weighted by Crippen LogP contribution is 2.19. The summed E-state index contributed by atoms with van der Waals surface area (Å²) in [5.74, 6) is -1.47. The number of carbonyl (C=O) groups excluding carboxylic acids is 1. The van der Waals surface area contributed by atoms with Gasteiger partial charge in [-0.05, 0) is 72.8 Å². The Morgan fingerprint density at radius 3 is 1.83 bits per heavy atom. The Balaban J connectivity index is 1.68. The summed E-state index contributed by atoms with van der Waals surface area (Å²) in [6.07, 6.45) is 0. The first-order valence-electron chi connectivity index (χ1n) is 8.28. The third kappa shape index (κ3) is 5.13. The summed E-state index contributed by atoms with van der Waals surface area (Å²) in [6.45, 7) is 0. The third-order valence-electron chi connectivity index (χ3n) is 3.91. The fourth-order valence-corrected chi connectivity index (χ4v) is 3.60. The maximum Gasteiger partial charge on any atom is 0.335 e. The van der Waals surface area contributed by atoms with Crippen LogP contribution in [-0.2, 0) is 10.0 Å². The van der Waals surface area contributed by atoms with E-state index in [1.807, 2.05) is 0 Å². The van der Waals surface area contributed by atoms with E-state index in [1.54, 1.807) is 0 Å². The summed E-state index contributed by atoms with van der Waals surface area (Å²) in [7, 11) is -3.78. The number of carboxylic acids is 1. The number of benzene rings is 3. The number of carbonyl (C=O) groups is 2. The Labute approximate surface area is 172 Å². The van der Waals surface area contributed by atoms with Crippen molar-refractivity contribution < 1.29 is 23.1 Å². The van der Waals surface area contributed by atoms with Gasteiger partial charge in [0.25, 0.3) is 15.9 Å². The zero-order valence-corrected chi connectivity index (χ0v) is 16.4. The Bertz CT molecular complexity index is 1140. The van der Waals surface area contributed by atoms with Crippen molar-refractivity contribution >= 4 is 44.9 Å². The summed E-state index contributed by atoms with van der Waals surface area (Å²) >= 11 is 5.77. The second kappa shape index (κ2) is 8.34. The highest BCUT2D eigenvalue weighted by atomic mass is 35.5. The number of halogens is 1. The van der Waals surface area contributed by atoms with Gasteiger partial charge in [0.2, 0.25) is 0 Å². The van der Waals surface area contributed by atoms with Gasteiger partial charge in [0, 0.05) is 22.0 Å². The van der Waals surface area contributed by atoms with Crippen molar-refractivity contribution in [2.45, 2.75) is 4.90 Å². The van der Waals surface area contributed by atoms with Gasteiger partial charge in [-0.3, -0.25) is 9.52 Å². The summed E-state index contributed by atoms with van der Waals surface area (Å²) < 4.78 is 27.2. The van der Waals surface area contributed by atoms with Gasteiger partial charge in [-0.15, -0.1) is 0 Å². The topological polar surface area (TPSA) is 113 Å². The van der Waals surface area contributed by atoms with E-state index in [1.165, 1.54) is 72.8 Å². The fourth-order valence-electron chi connectivity index (χ4n) is 2.42. The lowest BCUT2D eigenvalue weighted by Gasteiger charge is -2.09. The third-order valence-corrected chi connectivity index (χ3v) is 5.56. The number of rotatable bonds is 6. The molecule has 0 saturated carbocycles. The minimum absolute atomic E-state index is 0.0635. The largest absolute Gasteiger partial charge is 0.478 e. The number of sulfonamides is 1. The van der Waals surface area contributed by atoms with Crippen LogP contribution >= 0.6 is 11.6 Å². The molecule has 3 rings (SSSR count). The maximum absolute atomic E-state index is 12.4. The molecule has 0 aliphatic rings. The highest BCUT2D eigenvalue weighted by molar-refractivity contribution is 7.92. The normalized spacial score (nSPS) is 10.9. The molecule has 0 saturated heterocycles. The van der Waals surface area contributed by atoms with E-state index >= 15 is 0 Å². The zero-order chi connectivity index (χ0) is 21.0. The van der Waals surface area contributed by atoms with E-state index in [0.29, 0.717) is 22.0 Å². The molecule has 148 valence electrons. The van der Waals surface area contributed by atoms with Gasteiger partial charge in [-0.1, -0.05) is 11.6 Å². The number of hydrogen-bond acceptors (Lipinski definition) is 4. The van der Waals surface area contributed by atoms with E-state index in [4.69, 9.17) is 16.7 Å². The van der Waals surface area contributed by atoms with Crippen LogP contribution in [0.4, 0.5) is 11.4 Å². The standard InChI is InChI=1S/C20H15ClN2O5S/c21-15-5-11-18(12-6-15)29(27,28)23-17-9-1-13(2-10-17)19(24)22-16-7-3-14(4-8-16)20(25)26/h1-12,23H,(H,22,24)(H,25,26). The number of hydrogen-bond donors (Lipinski definition) is 3. The van der Waals surface area contributed by atoms with Crippen molar-refractivity contribution in [1.82, 2.24) is 0 Å². The lowest BCUT2D eigenvalue weighted by molar-refractivity contribution is 0.0696. The van der Waals surface area contributed by atoms with Crippen molar-refractivity contribution in [2.24, 2.45) is 0 Å². The molecule has 29 heavy (non-hydrogen) atoms. The molecule has 3 N–H and O–H groups in total. The summed E-state index contributed by atoms with van der Waals surface area (Å²) in [6, 6.07) is 17.3. The van der Waals surface area contributed by atoms with Gasteiger partial charge in [-0.2, -0.15) is 0 Å². The van der Waals surface area contributed by atoms with Gasteiger partial charge < -0.3 is 10.4 Å². The van der Waals surface area contributed by atoms with Crippen molar-refractivity contribution in [2.75, 3.05) is 10.0 Å². The summed E-state index contributed by atoms with van der Waals surface area (Å²) in [4.78, 5) is 23.2. The molecule has 0 fully saturated rings. The monoisotopic (exact) mass is 430 g/mol. The first-order chi connectivity index (χ1) is 13.7. The van der Waals surface area contributed by atoms with Crippen molar-refractivity contribution in [3.63, 3.8) is 0 Å². The van der Waals surface area contributed by atoms with Crippen LogP contribution in [0.25, 0.3) is 0 Å². The van der Waals surface area contributed by atoms with E-state index in [2.05, 4.69) is 10.0 Å². The van der Waals surface area contributed by atoms with Crippen LogP contribution in [0.1, 0.15) is 20.7 Å². The minimum atomic E-state index is -3.78. The quantitative estimate of drug-likeness (QED) is 0.545. The van der Waals surface area contributed by atoms with Crippen LogP contribution in [0.15, 0.2) is 77.7 Å². The zero-order valence-electron chi connectivity index (χ0n) is 14.8. The first kappa shape index (κ1) is 20.4. The fraction of sp³-hybridized carbons (Fsp3) is 0. The molecule has 3 aromatic carbocycles. The molecule has 0 atom stereocenters. The number of amides is 1. The minimum Gasteiger partial charge on any atom is -0.478 e. The van der Waals surface area contributed by atoms with Crippen LogP contribution in [0.5, 0.6) is 0 Å². The Morgan fingerprint density at radius 2 is 1.28 bits per heavy atom. The smallest absolute Gasteiger partial charge is 0.335 e. The van der Waals surface area contributed by atoms with E-state index < -0.39 is 21.9 Å². The highest BCUT2D eigenvalue weighted by Gasteiger charge is 2.14. The van der Waals surface area contributed by atoms with Crippen LogP contribution in [-0.4, -0.2) is 25.4 Å². The van der Waals surface area contributed by atoms with Gasteiger partial charge >= 0.3 is 5.97 Å². The summed E-state index contributed by atoms with van der Waals surface area (Å²) in [5.41, 5.74) is 1.15. The summed E-state index contributed by atoms with van der Waals surface area (Å²) in [5, 5.41) is 12.0. The number of anilines is 2. The second-order valence-electron chi connectivity index (χ2n) is 5.97. The molecular formula is C20H15ClN2O5S. The van der Waals surface area contributed by atoms with Crippen LogP contribution in [0, 0.1) is 0 Å². The molecule has 7 nitrogen and oxygen atoms in total. The van der Waals surface area contributed by atoms with E-state index in [-0.39, 0.29) is 10.5 Å². The first-order valence-corrected chi connectivity index (χ1v) is 10.1. The van der Waals surface area contributed by atoms with Crippen LogP contribution in [0.3, 0.4) is 0 Å².